The molecule has 2 aromatic heterocycles. The van der Waals surface area contributed by atoms with Crippen LogP contribution in [0.2, 0.25) is 5.02 Å². The number of hydrogen-bond acceptors (Lipinski definition) is 10. The molecule has 0 unspecified atom stereocenters. The average Bonchev–Trinajstić information content (AvgIpc) is 3.32. The van der Waals surface area contributed by atoms with Crippen molar-refractivity contribution in [3.8, 4) is 11.5 Å². The normalized spacial score (nSPS) is 17.7. The van der Waals surface area contributed by atoms with E-state index in [9.17, 15) is 14.0 Å². The highest BCUT2D eigenvalue weighted by atomic mass is 35.5. The molecule has 0 bridgehead atoms. The number of hydrogen-bond donors (Lipinski definition) is 1. The van der Waals surface area contributed by atoms with Gasteiger partial charge in [0.25, 0.3) is 5.91 Å². The SMILES string of the molecule is COC(=O)[C@@H]1CO[C@@H](Cn2nnc(-c3cc(C(=O)NCc4ccc(F)c(Cl)c4)nc(C)n3)n2)CO1. The van der Waals surface area contributed by atoms with Gasteiger partial charge in [-0.3, -0.25) is 4.79 Å². The summed E-state index contributed by atoms with van der Waals surface area (Å²) in [6.45, 7) is 2.22. The molecule has 1 aromatic carbocycles. The Labute approximate surface area is 203 Å². The predicted octanol–water partition coefficient (Wildman–Crippen LogP) is 1.12. The third-order valence-corrected chi connectivity index (χ3v) is 5.28. The van der Waals surface area contributed by atoms with Gasteiger partial charge in [0.1, 0.15) is 29.1 Å². The van der Waals surface area contributed by atoms with E-state index in [0.29, 0.717) is 17.1 Å². The second kappa shape index (κ2) is 10.8. The van der Waals surface area contributed by atoms with Gasteiger partial charge < -0.3 is 19.5 Å². The minimum Gasteiger partial charge on any atom is -0.467 e. The highest BCUT2D eigenvalue weighted by Gasteiger charge is 2.29. The first-order valence-corrected chi connectivity index (χ1v) is 10.9. The van der Waals surface area contributed by atoms with Crippen LogP contribution < -0.4 is 5.32 Å². The maximum atomic E-state index is 13.3. The molecule has 1 saturated heterocycles. The van der Waals surface area contributed by atoms with Crippen molar-refractivity contribution in [3.63, 3.8) is 0 Å². The first kappa shape index (κ1) is 24.6. The monoisotopic (exact) mass is 505 g/mol. The molecule has 35 heavy (non-hydrogen) atoms. The van der Waals surface area contributed by atoms with Gasteiger partial charge in [-0.15, -0.1) is 10.2 Å². The second-order valence-corrected chi connectivity index (χ2v) is 7.99. The largest absolute Gasteiger partial charge is 0.467 e. The van der Waals surface area contributed by atoms with E-state index in [4.69, 9.17) is 21.1 Å². The maximum Gasteiger partial charge on any atom is 0.337 e. The van der Waals surface area contributed by atoms with Crippen LogP contribution in [-0.4, -0.2) is 74.6 Å². The second-order valence-electron chi connectivity index (χ2n) is 7.59. The molecule has 184 valence electrons. The number of carbonyl (C=O) groups excluding carboxylic acids is 2. The molecule has 1 aliphatic rings. The Morgan fingerprint density at radius 3 is 2.80 bits per heavy atom. The van der Waals surface area contributed by atoms with Crippen LogP contribution in [-0.2, 0) is 32.1 Å². The van der Waals surface area contributed by atoms with Crippen molar-refractivity contribution in [1.29, 1.82) is 0 Å². The van der Waals surface area contributed by atoms with Crippen LogP contribution in [0, 0.1) is 12.7 Å². The fourth-order valence-electron chi connectivity index (χ4n) is 3.24. The third-order valence-electron chi connectivity index (χ3n) is 4.99. The number of aromatic nitrogens is 6. The van der Waals surface area contributed by atoms with Crippen molar-refractivity contribution in [2.24, 2.45) is 0 Å². The highest BCUT2D eigenvalue weighted by molar-refractivity contribution is 6.30. The smallest absolute Gasteiger partial charge is 0.337 e. The Balaban J connectivity index is 1.39. The van der Waals surface area contributed by atoms with Crippen molar-refractivity contribution in [1.82, 2.24) is 35.5 Å². The summed E-state index contributed by atoms with van der Waals surface area (Å²) in [7, 11) is 1.28. The van der Waals surface area contributed by atoms with Crippen LogP contribution in [0.1, 0.15) is 21.9 Å². The minimum atomic E-state index is -0.760. The molecule has 1 fully saturated rings. The first-order chi connectivity index (χ1) is 16.8. The van der Waals surface area contributed by atoms with E-state index in [2.05, 4.69) is 35.4 Å². The molecule has 14 heteroatoms. The number of tetrazole rings is 1. The molecule has 1 aliphatic heterocycles. The molecule has 0 spiro atoms. The summed E-state index contributed by atoms with van der Waals surface area (Å²) in [6, 6.07) is 5.64. The van der Waals surface area contributed by atoms with E-state index in [1.54, 1.807) is 6.92 Å². The van der Waals surface area contributed by atoms with E-state index in [0.717, 1.165) is 0 Å². The van der Waals surface area contributed by atoms with Crippen molar-refractivity contribution in [3.05, 3.63) is 52.2 Å². The molecule has 2 atom stereocenters. The molecular weight excluding hydrogens is 485 g/mol. The van der Waals surface area contributed by atoms with E-state index in [-0.39, 0.29) is 48.9 Å². The third kappa shape index (κ3) is 6.12. The first-order valence-electron chi connectivity index (χ1n) is 10.5. The van der Waals surface area contributed by atoms with E-state index >= 15 is 0 Å². The number of ether oxygens (including phenoxy) is 3. The van der Waals surface area contributed by atoms with Crippen molar-refractivity contribution >= 4 is 23.5 Å². The summed E-state index contributed by atoms with van der Waals surface area (Å²) in [5.41, 5.74) is 1.05. The van der Waals surface area contributed by atoms with Crippen molar-refractivity contribution < 1.29 is 28.2 Å². The fourth-order valence-corrected chi connectivity index (χ4v) is 3.45. The zero-order chi connectivity index (χ0) is 24.9. The number of aryl methyl sites for hydroxylation is 1. The lowest BCUT2D eigenvalue weighted by Gasteiger charge is -2.27. The molecule has 1 amide bonds. The van der Waals surface area contributed by atoms with Crippen LogP contribution in [0.15, 0.2) is 24.3 Å². The van der Waals surface area contributed by atoms with Crippen molar-refractivity contribution in [2.45, 2.75) is 32.2 Å². The number of carbonyl (C=O) groups is 2. The van der Waals surface area contributed by atoms with Gasteiger partial charge >= 0.3 is 5.97 Å². The summed E-state index contributed by atoms with van der Waals surface area (Å²) >= 11 is 5.78. The van der Waals surface area contributed by atoms with Crippen LogP contribution in [0.5, 0.6) is 0 Å². The summed E-state index contributed by atoms with van der Waals surface area (Å²) in [6.07, 6.45) is -1.14. The number of nitrogens with one attached hydrogen (secondary N) is 1. The predicted molar refractivity (Wildman–Crippen MR) is 118 cm³/mol. The molecule has 0 aliphatic carbocycles. The molecule has 0 radical (unpaired) electrons. The minimum absolute atomic E-state index is 0.0282. The zero-order valence-corrected chi connectivity index (χ0v) is 19.5. The van der Waals surface area contributed by atoms with Crippen LogP contribution in [0.4, 0.5) is 4.39 Å². The molecule has 12 nitrogen and oxygen atoms in total. The summed E-state index contributed by atoms with van der Waals surface area (Å²) in [5, 5.41) is 15.0. The number of halogens is 2. The topological polar surface area (TPSA) is 143 Å². The maximum absolute atomic E-state index is 13.3. The summed E-state index contributed by atoms with van der Waals surface area (Å²) < 4.78 is 29.0. The van der Waals surface area contributed by atoms with E-state index in [1.165, 1.54) is 36.2 Å². The Bertz CT molecular complexity index is 1230. The highest BCUT2D eigenvalue weighted by Crippen LogP contribution is 2.17. The molecule has 3 heterocycles. The molecule has 1 N–H and O–H groups in total. The quantitative estimate of drug-likeness (QED) is 0.464. The van der Waals surface area contributed by atoms with Crippen molar-refractivity contribution in [2.75, 3.05) is 20.3 Å². The summed E-state index contributed by atoms with van der Waals surface area (Å²) in [4.78, 5) is 33.9. The molecule has 4 rings (SSSR count). The van der Waals surface area contributed by atoms with Gasteiger partial charge in [-0.05, 0) is 35.9 Å². The molecule has 3 aromatic rings. The lowest BCUT2D eigenvalue weighted by Crippen LogP contribution is -2.42. The molecule has 0 saturated carbocycles. The van der Waals surface area contributed by atoms with Gasteiger partial charge in [0.2, 0.25) is 5.82 Å². The zero-order valence-electron chi connectivity index (χ0n) is 18.8. The van der Waals surface area contributed by atoms with Gasteiger partial charge in [0, 0.05) is 6.54 Å². The van der Waals surface area contributed by atoms with Gasteiger partial charge in [-0.1, -0.05) is 17.7 Å². The van der Waals surface area contributed by atoms with Gasteiger partial charge in [-0.25, -0.2) is 19.2 Å². The lowest BCUT2D eigenvalue weighted by molar-refractivity contribution is -0.180. The number of esters is 1. The van der Waals surface area contributed by atoms with Gasteiger partial charge in [-0.2, -0.15) is 4.80 Å². The number of rotatable bonds is 7. The Hall–Kier alpha value is -3.55. The van der Waals surface area contributed by atoms with Gasteiger partial charge in [0.05, 0.1) is 31.9 Å². The standard InChI is InChI=1S/C21H21ClFN7O5/c1-11-25-16(6-17(26-11)20(31)24-7-12-3-4-15(23)14(22)5-12)19-27-29-30(28-19)8-13-9-35-18(10-34-13)21(32)33-2/h3-6,13,18H,7-10H2,1-2H3,(H,24,31)/t13-,18-/m0/s1. The Morgan fingerprint density at radius 2 is 2.09 bits per heavy atom. The fraction of sp³-hybridized carbons (Fsp3) is 0.381. The van der Waals surface area contributed by atoms with Crippen LogP contribution in [0.25, 0.3) is 11.5 Å². The van der Waals surface area contributed by atoms with Crippen LogP contribution in [0.3, 0.4) is 0 Å². The molecular formula is C21H21ClFN7O5. The van der Waals surface area contributed by atoms with Gasteiger partial charge in [0.15, 0.2) is 6.10 Å². The average molecular weight is 506 g/mol. The van der Waals surface area contributed by atoms with E-state index < -0.39 is 23.8 Å². The Morgan fingerprint density at radius 1 is 1.26 bits per heavy atom. The summed E-state index contributed by atoms with van der Waals surface area (Å²) in [5.74, 6) is -0.959. The number of benzene rings is 1. The van der Waals surface area contributed by atoms with Crippen LogP contribution >= 0.6 is 11.6 Å². The number of methoxy groups -OCH3 is 1. The lowest BCUT2D eigenvalue weighted by atomic mass is 10.2. The van der Waals surface area contributed by atoms with E-state index in [1.807, 2.05) is 0 Å². The number of amides is 1. The number of nitrogens with zero attached hydrogens (tertiary/aromatic N) is 6. The Kier molecular flexibility index (Phi) is 7.58.